The summed E-state index contributed by atoms with van der Waals surface area (Å²) in [6, 6.07) is 17.4. The Labute approximate surface area is 165 Å². The number of nitrogens with one attached hydrogen (secondary N) is 2. The van der Waals surface area contributed by atoms with Crippen molar-refractivity contribution in [1.82, 2.24) is 10.2 Å². The molecule has 1 aromatic heterocycles. The van der Waals surface area contributed by atoms with Crippen LogP contribution in [0.3, 0.4) is 0 Å². The second-order valence-corrected chi connectivity index (χ2v) is 6.98. The Kier molecular flexibility index (Phi) is 6.30. The van der Waals surface area contributed by atoms with Crippen LogP contribution < -0.4 is 5.32 Å². The first-order valence-corrected chi connectivity index (χ1v) is 9.70. The van der Waals surface area contributed by atoms with Crippen molar-refractivity contribution in [3.8, 4) is 11.3 Å². The number of halogens is 1. The zero-order chi connectivity index (χ0) is 19.2. The summed E-state index contributed by atoms with van der Waals surface area (Å²) in [5.41, 5.74) is 4.30. The lowest BCUT2D eigenvalue weighted by molar-refractivity contribution is -0.117. The number of aromatic amines is 1. The zero-order valence-corrected chi connectivity index (χ0v) is 16.4. The average molecular weight is 382 g/mol. The van der Waals surface area contributed by atoms with Gasteiger partial charge in [0.05, 0.1) is 17.3 Å². The molecule has 3 aromatic rings. The highest BCUT2D eigenvalue weighted by Crippen LogP contribution is 2.32. The summed E-state index contributed by atoms with van der Waals surface area (Å²) >= 11 is 6.15. The molecular formula is C22H24ClN3O. The van der Waals surface area contributed by atoms with Crippen LogP contribution in [-0.2, 0) is 11.2 Å². The maximum Gasteiger partial charge on any atom is 0.232 e. The van der Waals surface area contributed by atoms with Crippen molar-refractivity contribution in [2.45, 2.75) is 39.0 Å². The highest BCUT2D eigenvalue weighted by Gasteiger charge is 2.23. The lowest BCUT2D eigenvalue weighted by Gasteiger charge is -2.16. The third kappa shape index (κ3) is 4.40. The fourth-order valence-corrected chi connectivity index (χ4v) is 3.45. The number of rotatable bonds is 7. The standard InChI is InChI=1S/C22H24ClN3O/c1-3-9-19-21(20(26-25-19)16-12-8-13-17(23)14-16)24-22(27)18(4-2)15-10-6-5-7-11-15/h5-8,10-14,18H,3-4,9H2,1-2H3,(H,24,27)(H,25,26)/t18-/m1/s1. The number of H-pyrrole nitrogens is 1. The number of hydrogen-bond acceptors (Lipinski definition) is 2. The van der Waals surface area contributed by atoms with Crippen molar-refractivity contribution >= 4 is 23.2 Å². The van der Waals surface area contributed by atoms with Gasteiger partial charge in [0.25, 0.3) is 0 Å². The molecule has 2 N–H and O–H groups in total. The van der Waals surface area contributed by atoms with Gasteiger partial charge in [-0.05, 0) is 30.5 Å². The largest absolute Gasteiger partial charge is 0.322 e. The van der Waals surface area contributed by atoms with E-state index in [0.29, 0.717) is 5.02 Å². The second kappa shape index (κ2) is 8.87. The minimum Gasteiger partial charge on any atom is -0.322 e. The van der Waals surface area contributed by atoms with Crippen molar-refractivity contribution in [3.63, 3.8) is 0 Å². The number of nitrogens with zero attached hydrogens (tertiary/aromatic N) is 1. The van der Waals surface area contributed by atoms with E-state index >= 15 is 0 Å². The van der Waals surface area contributed by atoms with E-state index in [1.54, 1.807) is 0 Å². The predicted octanol–water partition coefficient (Wildman–Crippen LogP) is 5.81. The van der Waals surface area contributed by atoms with E-state index in [0.717, 1.165) is 47.5 Å². The Bertz CT molecular complexity index is 905. The Balaban J connectivity index is 1.95. The number of aromatic nitrogens is 2. The van der Waals surface area contributed by atoms with Crippen LogP contribution in [0.5, 0.6) is 0 Å². The molecule has 1 heterocycles. The molecule has 0 aliphatic carbocycles. The zero-order valence-electron chi connectivity index (χ0n) is 15.6. The minimum atomic E-state index is -0.206. The normalized spacial score (nSPS) is 12.0. The summed E-state index contributed by atoms with van der Waals surface area (Å²) in [5, 5.41) is 11.3. The van der Waals surface area contributed by atoms with E-state index in [9.17, 15) is 4.79 Å². The summed E-state index contributed by atoms with van der Waals surface area (Å²) < 4.78 is 0. The van der Waals surface area contributed by atoms with E-state index in [2.05, 4.69) is 22.4 Å². The van der Waals surface area contributed by atoms with Crippen molar-refractivity contribution in [2.24, 2.45) is 0 Å². The molecule has 0 aliphatic heterocycles. The SMILES string of the molecule is CCCc1[nH]nc(-c2cccc(Cl)c2)c1NC(=O)[C@H](CC)c1ccccc1. The summed E-state index contributed by atoms with van der Waals surface area (Å²) in [7, 11) is 0. The van der Waals surface area contributed by atoms with Gasteiger partial charge in [-0.2, -0.15) is 5.10 Å². The number of benzene rings is 2. The Morgan fingerprint density at radius 3 is 2.59 bits per heavy atom. The Hall–Kier alpha value is -2.59. The van der Waals surface area contributed by atoms with Crippen LogP contribution in [0.1, 0.15) is 43.9 Å². The molecule has 1 amide bonds. The van der Waals surface area contributed by atoms with Gasteiger partial charge in [0.15, 0.2) is 0 Å². The van der Waals surface area contributed by atoms with Crippen LogP contribution in [-0.4, -0.2) is 16.1 Å². The molecule has 1 atom stereocenters. The van der Waals surface area contributed by atoms with Gasteiger partial charge < -0.3 is 5.32 Å². The third-order valence-electron chi connectivity index (χ3n) is 4.61. The maximum atomic E-state index is 13.1. The van der Waals surface area contributed by atoms with Crippen molar-refractivity contribution < 1.29 is 4.79 Å². The van der Waals surface area contributed by atoms with Gasteiger partial charge in [-0.1, -0.05) is 74.3 Å². The number of carbonyl (C=O) groups excluding carboxylic acids is 1. The molecule has 0 spiro atoms. The molecule has 140 valence electrons. The number of hydrogen-bond donors (Lipinski definition) is 2. The monoisotopic (exact) mass is 381 g/mol. The number of aryl methyl sites for hydroxylation is 1. The fourth-order valence-electron chi connectivity index (χ4n) is 3.26. The molecule has 0 fully saturated rings. The van der Waals surface area contributed by atoms with Crippen LogP contribution >= 0.6 is 11.6 Å². The highest BCUT2D eigenvalue weighted by molar-refractivity contribution is 6.30. The molecule has 0 radical (unpaired) electrons. The topological polar surface area (TPSA) is 57.8 Å². The van der Waals surface area contributed by atoms with Gasteiger partial charge in [0.1, 0.15) is 5.69 Å². The van der Waals surface area contributed by atoms with Gasteiger partial charge in [-0.3, -0.25) is 9.89 Å². The van der Waals surface area contributed by atoms with Crippen molar-refractivity contribution in [1.29, 1.82) is 0 Å². The molecule has 0 bridgehead atoms. The third-order valence-corrected chi connectivity index (χ3v) is 4.85. The van der Waals surface area contributed by atoms with Gasteiger partial charge >= 0.3 is 0 Å². The predicted molar refractivity (Wildman–Crippen MR) is 111 cm³/mol. The summed E-state index contributed by atoms with van der Waals surface area (Å²) in [6.07, 6.45) is 2.49. The maximum absolute atomic E-state index is 13.1. The van der Waals surface area contributed by atoms with E-state index in [1.165, 1.54) is 0 Å². The fraction of sp³-hybridized carbons (Fsp3) is 0.273. The molecule has 0 saturated heterocycles. The highest BCUT2D eigenvalue weighted by atomic mass is 35.5. The van der Waals surface area contributed by atoms with E-state index < -0.39 is 0 Å². The van der Waals surface area contributed by atoms with Crippen LogP contribution in [0.2, 0.25) is 5.02 Å². The lowest BCUT2D eigenvalue weighted by atomic mass is 9.95. The van der Waals surface area contributed by atoms with Gasteiger partial charge in [0, 0.05) is 10.6 Å². The van der Waals surface area contributed by atoms with E-state index in [4.69, 9.17) is 11.6 Å². The molecule has 0 aliphatic rings. The Morgan fingerprint density at radius 1 is 1.15 bits per heavy atom. The molecule has 4 nitrogen and oxygen atoms in total. The van der Waals surface area contributed by atoms with Crippen LogP contribution in [0.15, 0.2) is 54.6 Å². The van der Waals surface area contributed by atoms with Crippen LogP contribution in [0.4, 0.5) is 5.69 Å². The van der Waals surface area contributed by atoms with Crippen molar-refractivity contribution in [3.05, 3.63) is 70.9 Å². The van der Waals surface area contributed by atoms with Crippen molar-refractivity contribution in [2.75, 3.05) is 5.32 Å². The van der Waals surface area contributed by atoms with E-state index in [1.807, 2.05) is 61.5 Å². The summed E-state index contributed by atoms with van der Waals surface area (Å²) in [5.74, 6) is -0.228. The molecule has 2 aromatic carbocycles. The molecule has 0 saturated carbocycles. The smallest absolute Gasteiger partial charge is 0.232 e. The first kappa shape index (κ1) is 19.2. The van der Waals surface area contributed by atoms with Gasteiger partial charge in [0.2, 0.25) is 5.91 Å². The van der Waals surface area contributed by atoms with Gasteiger partial charge in [-0.25, -0.2) is 0 Å². The molecule has 27 heavy (non-hydrogen) atoms. The van der Waals surface area contributed by atoms with Gasteiger partial charge in [-0.15, -0.1) is 0 Å². The number of amides is 1. The van der Waals surface area contributed by atoms with E-state index in [-0.39, 0.29) is 11.8 Å². The molecular weight excluding hydrogens is 358 g/mol. The Morgan fingerprint density at radius 2 is 1.93 bits per heavy atom. The minimum absolute atomic E-state index is 0.0225. The molecule has 5 heteroatoms. The van der Waals surface area contributed by atoms with Crippen LogP contribution in [0, 0.1) is 0 Å². The first-order valence-electron chi connectivity index (χ1n) is 9.33. The molecule has 0 unspecified atom stereocenters. The molecule has 3 rings (SSSR count). The summed E-state index contributed by atoms with van der Waals surface area (Å²) in [4.78, 5) is 13.1. The lowest BCUT2D eigenvalue weighted by Crippen LogP contribution is -2.21. The quantitative estimate of drug-likeness (QED) is 0.542. The number of anilines is 1. The second-order valence-electron chi connectivity index (χ2n) is 6.55. The van der Waals surface area contributed by atoms with Crippen LogP contribution in [0.25, 0.3) is 11.3 Å². The number of carbonyl (C=O) groups is 1. The first-order chi connectivity index (χ1) is 13.1. The average Bonchev–Trinajstić information content (AvgIpc) is 3.06. The summed E-state index contributed by atoms with van der Waals surface area (Å²) in [6.45, 7) is 4.13.